The zero-order valence-corrected chi connectivity index (χ0v) is 14.1. The molecule has 1 N–H and O–H groups in total. The van der Waals surface area contributed by atoms with E-state index in [-0.39, 0.29) is 16.6 Å². The Morgan fingerprint density at radius 3 is 2.29 bits per heavy atom. The Hall–Kier alpha value is -1.28. The second kappa shape index (κ2) is 6.23. The summed E-state index contributed by atoms with van der Waals surface area (Å²) in [7, 11) is -1.08. The van der Waals surface area contributed by atoms with Crippen LogP contribution in [-0.4, -0.2) is 28.5 Å². The Morgan fingerprint density at radius 2 is 1.81 bits per heavy atom. The van der Waals surface area contributed by atoms with Crippen molar-refractivity contribution in [2.24, 2.45) is 5.92 Å². The summed E-state index contributed by atoms with van der Waals surface area (Å²) >= 11 is 3.18. The van der Waals surface area contributed by atoms with Gasteiger partial charge in [-0.1, -0.05) is 6.42 Å². The van der Waals surface area contributed by atoms with Gasteiger partial charge in [-0.15, -0.1) is 0 Å². The van der Waals surface area contributed by atoms with E-state index in [9.17, 15) is 13.2 Å². The van der Waals surface area contributed by atoms with Crippen molar-refractivity contribution in [3.05, 3.63) is 16.6 Å². The number of carbonyl (C=O) groups excluding carboxylic acids is 1. The molecule has 1 saturated carbocycles. The molecule has 1 amide bonds. The molecule has 0 unspecified atom stereocenters. The molecule has 1 aliphatic carbocycles. The van der Waals surface area contributed by atoms with Crippen LogP contribution in [0.15, 0.2) is 21.5 Å². The lowest BCUT2D eigenvalue weighted by atomic mass is 9.85. The van der Waals surface area contributed by atoms with E-state index in [1.54, 1.807) is 0 Å². The van der Waals surface area contributed by atoms with Crippen LogP contribution in [0.5, 0.6) is 11.5 Å². The first-order valence-corrected chi connectivity index (χ1v) is 8.65. The maximum atomic E-state index is 12.3. The highest BCUT2D eigenvalue weighted by Gasteiger charge is 2.30. The molecular formula is C13H16BrNO5S. The summed E-state index contributed by atoms with van der Waals surface area (Å²) in [4.78, 5) is 11.8. The first-order valence-electron chi connectivity index (χ1n) is 6.37. The molecule has 2 rings (SSSR count). The molecule has 1 fully saturated rings. The topological polar surface area (TPSA) is 81.7 Å². The molecule has 1 aromatic carbocycles. The van der Waals surface area contributed by atoms with Crippen LogP contribution in [-0.2, 0) is 14.8 Å². The monoisotopic (exact) mass is 377 g/mol. The lowest BCUT2D eigenvalue weighted by molar-refractivity contribution is -0.125. The normalized spacial score (nSPS) is 15.2. The zero-order valence-electron chi connectivity index (χ0n) is 11.7. The van der Waals surface area contributed by atoms with Crippen molar-refractivity contribution in [1.82, 2.24) is 4.72 Å². The van der Waals surface area contributed by atoms with E-state index < -0.39 is 15.9 Å². The van der Waals surface area contributed by atoms with Crippen molar-refractivity contribution in [3.8, 4) is 11.5 Å². The van der Waals surface area contributed by atoms with Gasteiger partial charge in [-0.2, -0.15) is 0 Å². The fraction of sp³-hybridized carbons (Fsp3) is 0.462. The van der Waals surface area contributed by atoms with E-state index in [0.29, 0.717) is 10.2 Å². The summed E-state index contributed by atoms with van der Waals surface area (Å²) < 4.78 is 37.2. The molecule has 116 valence electrons. The minimum Gasteiger partial charge on any atom is -0.493 e. The van der Waals surface area contributed by atoms with E-state index in [2.05, 4.69) is 20.7 Å². The molecule has 0 spiro atoms. The first-order chi connectivity index (χ1) is 9.89. The number of sulfonamides is 1. The summed E-state index contributed by atoms with van der Waals surface area (Å²) in [5.74, 6) is 0.00689. The number of halogens is 1. The van der Waals surface area contributed by atoms with Crippen LogP contribution < -0.4 is 14.2 Å². The largest absolute Gasteiger partial charge is 0.493 e. The van der Waals surface area contributed by atoms with Gasteiger partial charge < -0.3 is 9.47 Å². The molecule has 0 saturated heterocycles. The molecule has 0 atom stereocenters. The second-order valence-electron chi connectivity index (χ2n) is 4.74. The van der Waals surface area contributed by atoms with E-state index in [4.69, 9.17) is 9.47 Å². The maximum Gasteiger partial charge on any atom is 0.265 e. The van der Waals surface area contributed by atoms with E-state index >= 15 is 0 Å². The number of amides is 1. The van der Waals surface area contributed by atoms with Crippen molar-refractivity contribution < 1.29 is 22.7 Å². The Kier molecular flexibility index (Phi) is 4.77. The molecule has 6 nitrogen and oxygen atoms in total. The Labute approximate surface area is 132 Å². The number of benzene rings is 1. The van der Waals surface area contributed by atoms with Crippen molar-refractivity contribution in [2.45, 2.75) is 24.2 Å². The van der Waals surface area contributed by atoms with E-state index in [0.717, 1.165) is 19.3 Å². The van der Waals surface area contributed by atoms with Gasteiger partial charge in [-0.05, 0) is 34.8 Å². The van der Waals surface area contributed by atoms with Crippen LogP contribution in [0.3, 0.4) is 0 Å². The number of hydrogen-bond donors (Lipinski definition) is 1. The fourth-order valence-corrected chi connectivity index (χ4v) is 4.06. The first kappa shape index (κ1) is 16.1. The smallest absolute Gasteiger partial charge is 0.265 e. The molecule has 8 heteroatoms. The van der Waals surface area contributed by atoms with Gasteiger partial charge in [0.2, 0.25) is 5.91 Å². The van der Waals surface area contributed by atoms with Crippen molar-refractivity contribution >= 4 is 31.9 Å². The third-order valence-electron chi connectivity index (χ3n) is 3.44. The van der Waals surface area contributed by atoms with Crippen LogP contribution in [0.1, 0.15) is 19.3 Å². The van der Waals surface area contributed by atoms with Gasteiger partial charge in [0.25, 0.3) is 10.0 Å². The summed E-state index contributed by atoms with van der Waals surface area (Å²) in [6.07, 6.45) is 2.42. The van der Waals surface area contributed by atoms with Gasteiger partial charge in [0.05, 0.1) is 14.2 Å². The van der Waals surface area contributed by atoms with Gasteiger partial charge in [-0.25, -0.2) is 13.1 Å². The van der Waals surface area contributed by atoms with Gasteiger partial charge >= 0.3 is 0 Å². The number of ether oxygens (including phenoxy) is 2. The van der Waals surface area contributed by atoms with Crippen LogP contribution in [0.25, 0.3) is 0 Å². The number of methoxy groups -OCH3 is 2. The Balaban J connectivity index is 2.32. The Morgan fingerprint density at radius 1 is 1.24 bits per heavy atom. The van der Waals surface area contributed by atoms with Crippen LogP contribution in [0.2, 0.25) is 0 Å². The lowest BCUT2D eigenvalue weighted by Crippen LogP contribution is -2.38. The summed E-state index contributed by atoms with van der Waals surface area (Å²) in [5, 5.41) is 0. The van der Waals surface area contributed by atoms with Crippen LogP contribution in [0.4, 0.5) is 0 Å². The van der Waals surface area contributed by atoms with Crippen LogP contribution >= 0.6 is 15.9 Å². The number of nitrogens with one attached hydrogen (secondary N) is 1. The minimum absolute atomic E-state index is 0.0622. The third kappa shape index (κ3) is 3.32. The summed E-state index contributed by atoms with van der Waals surface area (Å²) in [6, 6.07) is 2.81. The second-order valence-corrected chi connectivity index (χ2v) is 7.24. The average Bonchev–Trinajstić information content (AvgIpc) is 2.35. The predicted molar refractivity (Wildman–Crippen MR) is 79.9 cm³/mol. The SMILES string of the molecule is COc1cc(Br)c(S(=O)(=O)NC(=O)C2CCC2)cc1OC. The van der Waals surface area contributed by atoms with E-state index in [1.807, 2.05) is 0 Å². The van der Waals surface area contributed by atoms with Crippen molar-refractivity contribution in [1.29, 1.82) is 0 Å². The predicted octanol–water partition coefficient (Wildman–Crippen LogP) is 2.07. The van der Waals surface area contributed by atoms with Gasteiger partial charge in [0, 0.05) is 16.5 Å². The molecule has 0 aliphatic heterocycles. The molecule has 0 radical (unpaired) electrons. The zero-order chi connectivity index (χ0) is 15.6. The van der Waals surface area contributed by atoms with Crippen molar-refractivity contribution in [3.63, 3.8) is 0 Å². The summed E-state index contributed by atoms with van der Waals surface area (Å²) in [5.41, 5.74) is 0. The van der Waals surface area contributed by atoms with Gasteiger partial charge in [0.15, 0.2) is 11.5 Å². The third-order valence-corrected chi connectivity index (χ3v) is 5.74. The molecule has 0 heterocycles. The van der Waals surface area contributed by atoms with Gasteiger partial charge in [-0.3, -0.25) is 4.79 Å². The quantitative estimate of drug-likeness (QED) is 0.849. The molecule has 1 aromatic rings. The highest BCUT2D eigenvalue weighted by molar-refractivity contribution is 9.10. The van der Waals surface area contributed by atoms with Crippen LogP contribution in [0, 0.1) is 5.92 Å². The molecule has 0 bridgehead atoms. The fourth-order valence-electron chi connectivity index (χ4n) is 1.98. The highest BCUT2D eigenvalue weighted by atomic mass is 79.9. The van der Waals surface area contributed by atoms with E-state index in [1.165, 1.54) is 26.4 Å². The van der Waals surface area contributed by atoms with Crippen molar-refractivity contribution in [2.75, 3.05) is 14.2 Å². The standard InChI is InChI=1S/C13H16BrNO5S/c1-19-10-6-9(14)12(7-11(10)20-2)21(17,18)15-13(16)8-4-3-5-8/h6-8H,3-5H2,1-2H3,(H,15,16). The Bertz CT molecular complexity index is 655. The maximum absolute atomic E-state index is 12.3. The minimum atomic E-state index is -3.95. The average molecular weight is 378 g/mol. The lowest BCUT2D eigenvalue weighted by Gasteiger charge is -2.24. The molecule has 1 aliphatic rings. The summed E-state index contributed by atoms with van der Waals surface area (Å²) in [6.45, 7) is 0. The van der Waals surface area contributed by atoms with Gasteiger partial charge in [0.1, 0.15) is 4.90 Å². The molecular weight excluding hydrogens is 362 g/mol. The number of rotatable bonds is 5. The molecule has 0 aromatic heterocycles. The molecule has 21 heavy (non-hydrogen) atoms. The highest BCUT2D eigenvalue weighted by Crippen LogP contribution is 2.35. The number of carbonyl (C=O) groups is 1. The number of hydrogen-bond acceptors (Lipinski definition) is 5.